The number of phenols is 1. The van der Waals surface area contributed by atoms with Gasteiger partial charge in [0, 0.05) is 49.4 Å². The molecule has 30 heavy (non-hydrogen) atoms. The van der Waals surface area contributed by atoms with Crippen LogP contribution < -0.4 is 4.90 Å². The lowest BCUT2D eigenvalue weighted by Gasteiger charge is -2.12. The third kappa shape index (κ3) is 3.46. The van der Waals surface area contributed by atoms with Crippen molar-refractivity contribution in [2.75, 3.05) is 19.0 Å². The third-order valence-corrected chi connectivity index (χ3v) is 4.73. The second kappa shape index (κ2) is 7.67. The summed E-state index contributed by atoms with van der Waals surface area (Å²) in [7, 11) is 3.95. The minimum atomic E-state index is -0.626. The Bertz CT molecular complexity index is 1260. The number of imidazole rings is 1. The van der Waals surface area contributed by atoms with Crippen molar-refractivity contribution in [1.82, 2.24) is 9.38 Å². The smallest absolute Gasteiger partial charge is 0.311 e. The minimum Gasteiger partial charge on any atom is -0.502 e. The van der Waals surface area contributed by atoms with Gasteiger partial charge in [-0.25, -0.2) is 9.98 Å². The number of para-hydroxylation sites is 1. The predicted octanol–water partition coefficient (Wildman–Crippen LogP) is 4.43. The first-order valence-corrected chi connectivity index (χ1v) is 9.21. The fourth-order valence-corrected chi connectivity index (χ4v) is 3.15. The molecule has 0 unspecified atom stereocenters. The summed E-state index contributed by atoms with van der Waals surface area (Å²) in [6.07, 6.45) is 3.26. The first kappa shape index (κ1) is 19.1. The zero-order valence-electron chi connectivity index (χ0n) is 16.4. The van der Waals surface area contributed by atoms with E-state index < -0.39 is 10.7 Å². The van der Waals surface area contributed by atoms with Crippen molar-refractivity contribution in [3.63, 3.8) is 0 Å². The number of nitrogens with zero attached hydrogens (tertiary/aromatic N) is 5. The molecule has 150 valence electrons. The number of aromatic hydroxyl groups is 1. The summed E-state index contributed by atoms with van der Waals surface area (Å²) in [4.78, 5) is 21.7. The van der Waals surface area contributed by atoms with Crippen LogP contribution in [0.3, 0.4) is 0 Å². The highest BCUT2D eigenvalue weighted by molar-refractivity contribution is 5.89. The van der Waals surface area contributed by atoms with E-state index in [9.17, 15) is 15.2 Å². The molecule has 8 nitrogen and oxygen atoms in total. The number of aromatic nitrogens is 2. The minimum absolute atomic E-state index is 0.254. The average Bonchev–Trinajstić information content (AvgIpc) is 3.11. The zero-order chi connectivity index (χ0) is 21.3. The van der Waals surface area contributed by atoms with E-state index >= 15 is 0 Å². The Balaban J connectivity index is 1.83. The molecule has 4 rings (SSSR count). The van der Waals surface area contributed by atoms with Gasteiger partial charge in [-0.1, -0.05) is 24.3 Å². The first-order chi connectivity index (χ1) is 14.5. The van der Waals surface area contributed by atoms with Gasteiger partial charge in [-0.3, -0.25) is 14.5 Å². The SMILES string of the molecule is CN(C)c1ccc(-c2nc3ccccn3c2/N=C/c2cccc([N+](=O)[O-])c2O)cc1. The van der Waals surface area contributed by atoms with Crippen molar-refractivity contribution < 1.29 is 10.0 Å². The van der Waals surface area contributed by atoms with Crippen LogP contribution in [0.4, 0.5) is 17.2 Å². The highest BCUT2D eigenvalue weighted by Gasteiger charge is 2.17. The van der Waals surface area contributed by atoms with Crippen molar-refractivity contribution in [3.05, 3.63) is 82.5 Å². The highest BCUT2D eigenvalue weighted by atomic mass is 16.6. The molecule has 0 saturated carbocycles. The van der Waals surface area contributed by atoms with Crippen LogP contribution in [0.1, 0.15) is 5.56 Å². The number of rotatable bonds is 5. The van der Waals surface area contributed by atoms with Crippen LogP contribution in [0.25, 0.3) is 16.9 Å². The monoisotopic (exact) mass is 401 g/mol. The zero-order valence-corrected chi connectivity index (χ0v) is 16.4. The van der Waals surface area contributed by atoms with Gasteiger partial charge in [0.1, 0.15) is 11.3 Å². The molecule has 0 aliphatic rings. The highest BCUT2D eigenvalue weighted by Crippen LogP contribution is 2.33. The number of benzene rings is 2. The summed E-state index contributed by atoms with van der Waals surface area (Å²) in [6, 6.07) is 17.9. The summed E-state index contributed by atoms with van der Waals surface area (Å²) < 4.78 is 1.83. The Hall–Kier alpha value is -4.20. The van der Waals surface area contributed by atoms with Gasteiger partial charge in [-0.2, -0.15) is 0 Å². The average molecular weight is 401 g/mol. The van der Waals surface area contributed by atoms with Crippen molar-refractivity contribution >= 4 is 29.1 Å². The Morgan fingerprint density at radius 2 is 1.87 bits per heavy atom. The molecular weight excluding hydrogens is 382 g/mol. The van der Waals surface area contributed by atoms with Gasteiger partial charge >= 0.3 is 5.69 Å². The van der Waals surface area contributed by atoms with E-state index in [1.54, 1.807) is 6.07 Å². The number of hydrogen-bond donors (Lipinski definition) is 1. The summed E-state index contributed by atoms with van der Waals surface area (Å²) in [5.41, 5.74) is 3.24. The molecule has 0 amide bonds. The van der Waals surface area contributed by atoms with Crippen LogP contribution in [0.15, 0.2) is 71.9 Å². The standard InChI is InChI=1S/C22H19N5O3/c1-25(2)17-11-9-15(10-12-17)20-22(26-13-4-3-8-19(26)24-20)23-14-16-6-5-7-18(21(16)28)27(29)30/h3-14,28H,1-2H3/b23-14+. The maximum Gasteiger partial charge on any atom is 0.311 e. The largest absolute Gasteiger partial charge is 0.502 e. The topological polar surface area (TPSA) is 96.3 Å². The lowest BCUT2D eigenvalue weighted by molar-refractivity contribution is -0.385. The predicted molar refractivity (Wildman–Crippen MR) is 117 cm³/mol. The van der Waals surface area contributed by atoms with E-state index in [2.05, 4.69) is 4.99 Å². The molecule has 1 N–H and O–H groups in total. The summed E-state index contributed by atoms with van der Waals surface area (Å²) >= 11 is 0. The number of aliphatic imine (C=N–C) groups is 1. The van der Waals surface area contributed by atoms with E-state index in [-0.39, 0.29) is 11.3 Å². The second-order valence-corrected chi connectivity index (χ2v) is 6.88. The molecule has 0 fully saturated rings. The fraction of sp³-hybridized carbons (Fsp3) is 0.0909. The number of fused-ring (bicyclic) bond motifs is 1. The van der Waals surface area contributed by atoms with E-state index in [0.29, 0.717) is 11.5 Å². The van der Waals surface area contributed by atoms with E-state index in [1.807, 2.05) is 72.1 Å². The van der Waals surface area contributed by atoms with Gasteiger partial charge < -0.3 is 10.0 Å². The van der Waals surface area contributed by atoms with Crippen molar-refractivity contribution in [3.8, 4) is 17.0 Å². The number of hydrogen-bond acceptors (Lipinski definition) is 6. The van der Waals surface area contributed by atoms with Crippen molar-refractivity contribution in [2.24, 2.45) is 4.99 Å². The lowest BCUT2D eigenvalue weighted by Crippen LogP contribution is -2.07. The molecule has 8 heteroatoms. The van der Waals surface area contributed by atoms with Crippen LogP contribution in [0, 0.1) is 10.1 Å². The molecular formula is C22H19N5O3. The quantitative estimate of drug-likeness (QED) is 0.303. The van der Waals surface area contributed by atoms with E-state index in [4.69, 9.17) is 4.98 Å². The van der Waals surface area contributed by atoms with Crippen LogP contribution in [0.5, 0.6) is 5.75 Å². The Labute approximate surface area is 172 Å². The second-order valence-electron chi connectivity index (χ2n) is 6.88. The van der Waals surface area contributed by atoms with Gasteiger partial charge in [0.15, 0.2) is 5.82 Å². The number of phenolic OH excluding ortho intramolecular Hbond substituents is 1. The van der Waals surface area contributed by atoms with Gasteiger partial charge in [0.05, 0.1) is 4.92 Å². The Morgan fingerprint density at radius 1 is 1.10 bits per heavy atom. The molecule has 2 aromatic heterocycles. The van der Waals surface area contributed by atoms with Gasteiger partial charge in [-0.15, -0.1) is 0 Å². The normalized spacial score (nSPS) is 11.3. The van der Waals surface area contributed by atoms with Crippen molar-refractivity contribution in [2.45, 2.75) is 0 Å². The molecule has 0 aliphatic carbocycles. The molecule has 2 aromatic carbocycles. The van der Waals surface area contributed by atoms with E-state index in [0.717, 1.165) is 16.9 Å². The van der Waals surface area contributed by atoms with Crippen LogP contribution in [0.2, 0.25) is 0 Å². The summed E-state index contributed by atoms with van der Waals surface area (Å²) in [5.74, 6) is 0.145. The molecule has 0 radical (unpaired) electrons. The summed E-state index contributed by atoms with van der Waals surface area (Å²) in [5, 5.41) is 21.3. The maximum absolute atomic E-state index is 11.1. The van der Waals surface area contributed by atoms with Crippen LogP contribution in [-0.4, -0.2) is 39.7 Å². The van der Waals surface area contributed by atoms with Gasteiger partial charge in [-0.05, 0) is 30.3 Å². The van der Waals surface area contributed by atoms with E-state index in [1.165, 1.54) is 18.3 Å². The maximum atomic E-state index is 11.1. The van der Waals surface area contributed by atoms with Crippen molar-refractivity contribution in [1.29, 1.82) is 0 Å². The Kier molecular flexibility index (Phi) is 4.89. The molecule has 0 spiro atoms. The third-order valence-electron chi connectivity index (χ3n) is 4.73. The lowest BCUT2D eigenvalue weighted by atomic mass is 10.1. The molecule has 0 aliphatic heterocycles. The molecule has 0 bridgehead atoms. The number of pyridine rings is 1. The van der Waals surface area contributed by atoms with Gasteiger partial charge in [0.2, 0.25) is 5.75 Å². The molecule has 0 atom stereocenters. The molecule has 2 heterocycles. The number of anilines is 1. The fourth-order valence-electron chi connectivity index (χ4n) is 3.15. The first-order valence-electron chi connectivity index (χ1n) is 9.21. The van der Waals surface area contributed by atoms with Crippen LogP contribution >= 0.6 is 0 Å². The number of nitro benzene ring substituents is 1. The number of nitro groups is 1. The Morgan fingerprint density at radius 3 is 2.57 bits per heavy atom. The van der Waals surface area contributed by atoms with Crippen LogP contribution in [-0.2, 0) is 0 Å². The molecule has 0 saturated heterocycles. The van der Waals surface area contributed by atoms with Gasteiger partial charge in [0.25, 0.3) is 0 Å². The molecule has 4 aromatic rings. The summed E-state index contributed by atoms with van der Waals surface area (Å²) in [6.45, 7) is 0.